The number of benzene rings is 2. The average molecular weight is 261 g/mol. The molecular weight excluding hydrogens is 249 g/mol. The van der Waals surface area contributed by atoms with Crippen LogP contribution in [-0.4, -0.2) is 12.1 Å². The van der Waals surface area contributed by atoms with Gasteiger partial charge in [0.2, 0.25) is 0 Å². The zero-order valence-electron chi connectivity index (χ0n) is 9.81. The van der Waals surface area contributed by atoms with Gasteiger partial charge in [-0.3, -0.25) is 0 Å². The van der Waals surface area contributed by atoms with Crippen molar-refractivity contribution in [3.63, 3.8) is 0 Å². The fourth-order valence-electron chi connectivity index (χ4n) is 1.48. The number of anilines is 1. The molecule has 18 heavy (non-hydrogen) atoms. The summed E-state index contributed by atoms with van der Waals surface area (Å²) in [6.07, 6.45) is 0. The molecular formula is C14H12FNOS. The number of hydrogen-bond acceptors (Lipinski definition) is 2. The normalized spacial score (nSPS) is 9.89. The second-order valence-corrected chi connectivity index (χ2v) is 4.10. The third-order valence-corrected chi connectivity index (χ3v) is 2.79. The van der Waals surface area contributed by atoms with Crippen LogP contribution in [0.15, 0.2) is 48.5 Å². The van der Waals surface area contributed by atoms with Crippen molar-refractivity contribution in [2.45, 2.75) is 0 Å². The second-order valence-electron chi connectivity index (χ2n) is 3.69. The van der Waals surface area contributed by atoms with E-state index in [-0.39, 0.29) is 5.82 Å². The van der Waals surface area contributed by atoms with Crippen molar-refractivity contribution >= 4 is 22.9 Å². The minimum absolute atomic E-state index is 0.268. The van der Waals surface area contributed by atoms with Crippen LogP contribution >= 0.6 is 12.2 Å². The minimum Gasteiger partial charge on any atom is -0.497 e. The third-order valence-electron chi connectivity index (χ3n) is 2.45. The van der Waals surface area contributed by atoms with Crippen LogP contribution in [0.25, 0.3) is 0 Å². The van der Waals surface area contributed by atoms with E-state index in [1.165, 1.54) is 12.1 Å². The van der Waals surface area contributed by atoms with Crippen LogP contribution in [0.4, 0.5) is 10.1 Å². The van der Waals surface area contributed by atoms with Crippen LogP contribution in [-0.2, 0) is 0 Å². The van der Waals surface area contributed by atoms with Crippen molar-refractivity contribution < 1.29 is 9.13 Å². The van der Waals surface area contributed by atoms with Crippen LogP contribution in [0.3, 0.4) is 0 Å². The van der Waals surface area contributed by atoms with Gasteiger partial charge in [-0.25, -0.2) is 4.39 Å². The van der Waals surface area contributed by atoms with E-state index in [1.54, 1.807) is 19.2 Å². The highest BCUT2D eigenvalue weighted by molar-refractivity contribution is 7.81. The van der Waals surface area contributed by atoms with Crippen LogP contribution in [0.5, 0.6) is 5.75 Å². The van der Waals surface area contributed by atoms with E-state index in [9.17, 15) is 4.39 Å². The Kier molecular flexibility index (Phi) is 3.89. The van der Waals surface area contributed by atoms with Crippen LogP contribution < -0.4 is 10.1 Å². The first kappa shape index (κ1) is 12.5. The molecule has 0 aromatic heterocycles. The molecule has 0 amide bonds. The maximum atomic E-state index is 12.8. The lowest BCUT2D eigenvalue weighted by atomic mass is 10.2. The number of methoxy groups -OCH3 is 1. The molecule has 0 atom stereocenters. The molecule has 0 aliphatic heterocycles. The van der Waals surface area contributed by atoms with Gasteiger partial charge in [0.05, 0.1) is 7.11 Å². The van der Waals surface area contributed by atoms with Gasteiger partial charge in [-0.2, -0.15) is 0 Å². The Hall–Kier alpha value is -1.94. The number of ether oxygens (including phenoxy) is 1. The number of hydrogen-bond donors (Lipinski definition) is 1. The lowest BCUT2D eigenvalue weighted by molar-refractivity contribution is 0.415. The molecule has 1 N–H and O–H groups in total. The number of nitrogens with one attached hydrogen (secondary N) is 1. The molecule has 2 aromatic carbocycles. The standard InChI is InChI=1S/C14H12FNOS/c1-17-13-8-2-10(3-9-13)14(18)16-12-6-4-11(15)5-7-12/h2-9H,1H3,(H,16,18). The molecule has 2 nitrogen and oxygen atoms in total. The van der Waals surface area contributed by atoms with E-state index < -0.39 is 0 Å². The van der Waals surface area contributed by atoms with Gasteiger partial charge >= 0.3 is 0 Å². The second kappa shape index (κ2) is 5.60. The van der Waals surface area contributed by atoms with E-state index in [1.807, 2.05) is 24.3 Å². The Labute approximate surface area is 110 Å². The Morgan fingerprint density at radius 2 is 1.67 bits per heavy atom. The van der Waals surface area contributed by atoms with E-state index in [4.69, 9.17) is 17.0 Å². The molecule has 0 heterocycles. The molecule has 0 aliphatic carbocycles. The summed E-state index contributed by atoms with van der Waals surface area (Å²) >= 11 is 5.27. The van der Waals surface area contributed by atoms with E-state index >= 15 is 0 Å². The van der Waals surface area contributed by atoms with Gasteiger partial charge < -0.3 is 10.1 Å². The van der Waals surface area contributed by atoms with Crippen LogP contribution in [0.1, 0.15) is 5.56 Å². The molecule has 2 aromatic rings. The van der Waals surface area contributed by atoms with Crippen molar-refractivity contribution in [1.82, 2.24) is 0 Å². The van der Waals surface area contributed by atoms with Gasteiger partial charge in [0, 0.05) is 11.3 Å². The first-order valence-electron chi connectivity index (χ1n) is 5.40. The lowest BCUT2D eigenvalue weighted by Gasteiger charge is -2.08. The first-order valence-corrected chi connectivity index (χ1v) is 5.81. The Bertz CT molecular complexity index is 537. The molecule has 0 bridgehead atoms. The van der Waals surface area contributed by atoms with Gasteiger partial charge in [0.15, 0.2) is 0 Å². The molecule has 2 rings (SSSR count). The summed E-state index contributed by atoms with van der Waals surface area (Å²) in [5.41, 5.74) is 1.65. The summed E-state index contributed by atoms with van der Waals surface area (Å²) in [6.45, 7) is 0. The zero-order valence-corrected chi connectivity index (χ0v) is 10.6. The summed E-state index contributed by atoms with van der Waals surface area (Å²) in [4.78, 5) is 0.587. The highest BCUT2D eigenvalue weighted by Crippen LogP contribution is 2.14. The Balaban J connectivity index is 2.09. The molecule has 0 saturated heterocycles. The van der Waals surface area contributed by atoms with Crippen molar-refractivity contribution in [2.75, 3.05) is 12.4 Å². The number of thiocarbonyl (C=S) groups is 1. The van der Waals surface area contributed by atoms with Crippen molar-refractivity contribution in [1.29, 1.82) is 0 Å². The van der Waals surface area contributed by atoms with Gasteiger partial charge in [-0.1, -0.05) is 12.2 Å². The summed E-state index contributed by atoms with van der Waals surface area (Å²) in [7, 11) is 1.62. The highest BCUT2D eigenvalue weighted by atomic mass is 32.1. The molecule has 0 spiro atoms. The zero-order chi connectivity index (χ0) is 13.0. The lowest BCUT2D eigenvalue weighted by Crippen LogP contribution is -2.10. The molecule has 0 fully saturated rings. The molecule has 92 valence electrons. The third kappa shape index (κ3) is 3.05. The monoisotopic (exact) mass is 261 g/mol. The summed E-state index contributed by atoms with van der Waals surface area (Å²) in [5, 5.41) is 3.05. The summed E-state index contributed by atoms with van der Waals surface area (Å²) in [6, 6.07) is 13.5. The van der Waals surface area contributed by atoms with E-state index in [0.29, 0.717) is 4.99 Å². The van der Waals surface area contributed by atoms with Gasteiger partial charge in [0.25, 0.3) is 0 Å². The fraction of sp³-hybridized carbons (Fsp3) is 0.0714. The van der Waals surface area contributed by atoms with E-state index in [2.05, 4.69) is 5.32 Å². The van der Waals surface area contributed by atoms with Gasteiger partial charge in [-0.15, -0.1) is 0 Å². The first-order chi connectivity index (χ1) is 8.69. The maximum absolute atomic E-state index is 12.8. The van der Waals surface area contributed by atoms with Gasteiger partial charge in [0.1, 0.15) is 16.6 Å². The number of halogens is 1. The highest BCUT2D eigenvalue weighted by Gasteiger charge is 2.02. The molecule has 0 radical (unpaired) electrons. The minimum atomic E-state index is -0.268. The molecule has 0 saturated carbocycles. The number of rotatable bonds is 3. The van der Waals surface area contributed by atoms with Crippen LogP contribution in [0.2, 0.25) is 0 Å². The SMILES string of the molecule is COc1ccc(C(=S)Nc2ccc(F)cc2)cc1. The predicted octanol–water partition coefficient (Wildman–Crippen LogP) is 3.62. The fourth-order valence-corrected chi connectivity index (χ4v) is 1.73. The largest absolute Gasteiger partial charge is 0.497 e. The molecule has 0 unspecified atom stereocenters. The topological polar surface area (TPSA) is 21.3 Å². The van der Waals surface area contributed by atoms with Crippen molar-refractivity contribution in [2.24, 2.45) is 0 Å². The van der Waals surface area contributed by atoms with Crippen LogP contribution in [0, 0.1) is 5.82 Å². The maximum Gasteiger partial charge on any atom is 0.123 e. The molecule has 4 heteroatoms. The Morgan fingerprint density at radius 3 is 2.22 bits per heavy atom. The summed E-state index contributed by atoms with van der Waals surface area (Å²) < 4.78 is 17.8. The van der Waals surface area contributed by atoms with E-state index in [0.717, 1.165) is 17.0 Å². The quantitative estimate of drug-likeness (QED) is 0.853. The van der Waals surface area contributed by atoms with Crippen molar-refractivity contribution in [3.05, 3.63) is 59.9 Å². The average Bonchev–Trinajstić information content (AvgIpc) is 2.41. The smallest absolute Gasteiger partial charge is 0.123 e. The summed E-state index contributed by atoms with van der Waals surface area (Å²) in [5.74, 6) is 0.513. The van der Waals surface area contributed by atoms with Crippen molar-refractivity contribution in [3.8, 4) is 5.75 Å². The Morgan fingerprint density at radius 1 is 1.06 bits per heavy atom. The predicted molar refractivity (Wildman–Crippen MR) is 74.7 cm³/mol. The van der Waals surface area contributed by atoms with Gasteiger partial charge in [-0.05, 0) is 48.5 Å². The molecule has 0 aliphatic rings.